The van der Waals surface area contributed by atoms with E-state index < -0.39 is 29.0 Å². The van der Waals surface area contributed by atoms with Gasteiger partial charge in [-0.2, -0.15) is 0 Å². The van der Waals surface area contributed by atoms with Gasteiger partial charge in [0.15, 0.2) is 5.41 Å². The number of hydrogen-bond donors (Lipinski definition) is 1. The molecule has 0 aromatic heterocycles. The second-order valence-electron chi connectivity index (χ2n) is 6.16. The number of carboxylic acids is 1. The number of amides is 1. The Bertz CT molecular complexity index is 447. The number of ether oxygens (including phenoxy) is 2. The number of carbonyl (C=O) groups excluding carboxylic acids is 2. The van der Waals surface area contributed by atoms with Crippen molar-refractivity contribution in [1.82, 2.24) is 4.90 Å². The molecule has 126 valence electrons. The predicted molar refractivity (Wildman–Crippen MR) is 78.4 cm³/mol. The Morgan fingerprint density at radius 1 is 1.27 bits per heavy atom. The summed E-state index contributed by atoms with van der Waals surface area (Å²) in [6.07, 6.45) is 1.01. The highest BCUT2D eigenvalue weighted by Gasteiger charge is 2.54. The van der Waals surface area contributed by atoms with Crippen molar-refractivity contribution in [2.45, 2.75) is 52.6 Å². The average molecular weight is 315 g/mol. The van der Waals surface area contributed by atoms with Gasteiger partial charge in [-0.25, -0.2) is 4.79 Å². The van der Waals surface area contributed by atoms with E-state index in [2.05, 4.69) is 0 Å². The maximum atomic E-state index is 12.2. The van der Waals surface area contributed by atoms with E-state index in [4.69, 9.17) is 9.47 Å². The van der Waals surface area contributed by atoms with Gasteiger partial charge >= 0.3 is 18.0 Å². The second kappa shape index (κ2) is 6.98. The molecule has 0 aliphatic carbocycles. The maximum Gasteiger partial charge on any atom is 0.410 e. The van der Waals surface area contributed by atoms with E-state index in [0.717, 1.165) is 6.42 Å². The van der Waals surface area contributed by atoms with Crippen molar-refractivity contribution in [2.24, 2.45) is 5.41 Å². The summed E-state index contributed by atoms with van der Waals surface area (Å²) in [5.74, 6) is -2.07. The Hall–Kier alpha value is -1.79. The molecule has 0 spiro atoms. The van der Waals surface area contributed by atoms with Crippen molar-refractivity contribution in [2.75, 3.05) is 19.7 Å². The van der Waals surface area contributed by atoms with Gasteiger partial charge in [0.25, 0.3) is 0 Å². The molecule has 0 aromatic rings. The fraction of sp³-hybridized carbons (Fsp3) is 0.800. The van der Waals surface area contributed by atoms with Crippen molar-refractivity contribution >= 4 is 18.0 Å². The Balaban J connectivity index is 2.80. The molecule has 0 unspecified atom stereocenters. The van der Waals surface area contributed by atoms with E-state index in [1.54, 1.807) is 20.8 Å². The van der Waals surface area contributed by atoms with Gasteiger partial charge in [0.05, 0.1) is 13.2 Å². The van der Waals surface area contributed by atoms with Gasteiger partial charge in [0.1, 0.15) is 5.60 Å². The zero-order valence-electron chi connectivity index (χ0n) is 13.7. The highest BCUT2D eigenvalue weighted by atomic mass is 16.6. The fourth-order valence-electron chi connectivity index (χ4n) is 2.62. The van der Waals surface area contributed by atoms with Crippen LogP contribution in [0.5, 0.6) is 0 Å². The Morgan fingerprint density at radius 2 is 1.91 bits per heavy atom. The van der Waals surface area contributed by atoms with E-state index >= 15 is 0 Å². The lowest BCUT2D eigenvalue weighted by atomic mass is 9.87. The molecule has 7 heteroatoms. The van der Waals surface area contributed by atoms with Gasteiger partial charge in [-0.15, -0.1) is 0 Å². The first-order chi connectivity index (χ1) is 10.2. The van der Waals surface area contributed by atoms with Gasteiger partial charge in [-0.3, -0.25) is 9.59 Å². The number of carbonyl (C=O) groups is 3. The zero-order chi connectivity index (χ0) is 17.0. The molecule has 7 nitrogen and oxygen atoms in total. The minimum absolute atomic E-state index is 0.0322. The third-order valence-electron chi connectivity index (χ3n) is 3.82. The number of rotatable bonds is 6. The third-order valence-corrected chi connectivity index (χ3v) is 3.82. The number of hydrogen-bond acceptors (Lipinski definition) is 5. The SMILES string of the molecule is CCCC(C)(C)OC(=O)N1CC[C@@](C(=O)O)(C(=O)OCC)C1. The molecular formula is C15H25NO6. The fourth-order valence-corrected chi connectivity index (χ4v) is 2.62. The minimum atomic E-state index is -1.69. The Labute approximate surface area is 130 Å². The first-order valence-corrected chi connectivity index (χ1v) is 7.57. The standard InChI is InChI=1S/C15H25NO6/c1-5-7-14(3,4)22-13(20)16-9-8-15(10-16,11(17)18)12(19)21-6-2/h5-10H2,1-4H3,(H,17,18)/t15-/m1/s1. The van der Waals surface area contributed by atoms with E-state index in [1.165, 1.54) is 4.90 Å². The quantitative estimate of drug-likeness (QED) is 0.595. The molecule has 1 N–H and O–H groups in total. The van der Waals surface area contributed by atoms with Crippen molar-refractivity contribution in [3.63, 3.8) is 0 Å². The molecule has 1 rings (SSSR count). The average Bonchev–Trinajstić information content (AvgIpc) is 2.84. The number of nitrogens with zero attached hydrogens (tertiary/aromatic N) is 1. The molecule has 0 saturated carbocycles. The molecule has 1 aliphatic rings. The molecule has 0 radical (unpaired) electrons. The summed E-state index contributed by atoms with van der Waals surface area (Å²) >= 11 is 0. The van der Waals surface area contributed by atoms with Crippen molar-refractivity contribution in [3.05, 3.63) is 0 Å². The van der Waals surface area contributed by atoms with Gasteiger partial charge < -0.3 is 19.5 Å². The van der Waals surface area contributed by atoms with Crippen LogP contribution >= 0.6 is 0 Å². The molecule has 1 aliphatic heterocycles. The van der Waals surface area contributed by atoms with Crippen LogP contribution in [0.3, 0.4) is 0 Å². The van der Waals surface area contributed by atoms with Gasteiger partial charge in [-0.05, 0) is 33.6 Å². The summed E-state index contributed by atoms with van der Waals surface area (Å²) in [5.41, 5.74) is -2.31. The van der Waals surface area contributed by atoms with Gasteiger partial charge in [0.2, 0.25) is 0 Å². The predicted octanol–water partition coefficient (Wildman–Crippen LogP) is 2.04. The summed E-state index contributed by atoms with van der Waals surface area (Å²) in [7, 11) is 0. The van der Waals surface area contributed by atoms with Crippen molar-refractivity contribution in [1.29, 1.82) is 0 Å². The summed E-state index contributed by atoms with van der Waals surface area (Å²) in [5, 5.41) is 9.40. The Morgan fingerprint density at radius 3 is 2.41 bits per heavy atom. The molecule has 22 heavy (non-hydrogen) atoms. The zero-order valence-corrected chi connectivity index (χ0v) is 13.7. The van der Waals surface area contributed by atoms with Crippen LogP contribution in [0.25, 0.3) is 0 Å². The first-order valence-electron chi connectivity index (χ1n) is 7.57. The topological polar surface area (TPSA) is 93.1 Å². The van der Waals surface area contributed by atoms with E-state index in [9.17, 15) is 19.5 Å². The molecule has 1 saturated heterocycles. The first kappa shape index (κ1) is 18.3. The van der Waals surface area contributed by atoms with Crippen LogP contribution < -0.4 is 0 Å². The summed E-state index contributed by atoms with van der Waals surface area (Å²) in [6.45, 7) is 7.25. The van der Waals surface area contributed by atoms with E-state index in [0.29, 0.717) is 6.42 Å². The number of likely N-dealkylation sites (tertiary alicyclic amines) is 1. The maximum absolute atomic E-state index is 12.2. The van der Waals surface area contributed by atoms with E-state index in [1.807, 2.05) is 6.92 Å². The lowest BCUT2D eigenvalue weighted by molar-refractivity contribution is -0.167. The van der Waals surface area contributed by atoms with Gasteiger partial charge in [-0.1, -0.05) is 13.3 Å². The molecular weight excluding hydrogens is 290 g/mol. The van der Waals surface area contributed by atoms with Crippen LogP contribution in [-0.4, -0.2) is 53.3 Å². The van der Waals surface area contributed by atoms with Crippen LogP contribution in [0.4, 0.5) is 4.79 Å². The van der Waals surface area contributed by atoms with Crippen LogP contribution in [0.15, 0.2) is 0 Å². The van der Waals surface area contributed by atoms with Crippen LogP contribution in [0, 0.1) is 5.41 Å². The van der Waals surface area contributed by atoms with Crippen LogP contribution in [0.1, 0.15) is 47.0 Å². The largest absolute Gasteiger partial charge is 0.480 e. The highest BCUT2D eigenvalue weighted by Crippen LogP contribution is 2.33. The molecule has 1 fully saturated rings. The molecule has 0 aromatic carbocycles. The third kappa shape index (κ3) is 3.90. The minimum Gasteiger partial charge on any atom is -0.480 e. The monoisotopic (exact) mass is 315 g/mol. The smallest absolute Gasteiger partial charge is 0.410 e. The molecule has 1 atom stereocenters. The normalized spacial score (nSPS) is 21.5. The number of carboxylic acid groups (broad SMARTS) is 1. The van der Waals surface area contributed by atoms with Crippen LogP contribution in [0.2, 0.25) is 0 Å². The number of esters is 1. The van der Waals surface area contributed by atoms with Gasteiger partial charge in [0, 0.05) is 6.54 Å². The van der Waals surface area contributed by atoms with Crippen LogP contribution in [-0.2, 0) is 19.1 Å². The van der Waals surface area contributed by atoms with E-state index in [-0.39, 0.29) is 26.1 Å². The van der Waals surface area contributed by atoms with Crippen molar-refractivity contribution < 1.29 is 29.0 Å². The highest BCUT2D eigenvalue weighted by molar-refractivity contribution is 6.00. The Kier molecular flexibility index (Phi) is 5.79. The molecule has 0 bridgehead atoms. The molecule has 1 heterocycles. The summed E-state index contributed by atoms with van der Waals surface area (Å²) < 4.78 is 10.3. The molecule has 1 amide bonds. The lowest BCUT2D eigenvalue weighted by Crippen LogP contribution is -2.45. The van der Waals surface area contributed by atoms with Crippen molar-refractivity contribution in [3.8, 4) is 0 Å². The second-order valence-corrected chi connectivity index (χ2v) is 6.16. The lowest BCUT2D eigenvalue weighted by Gasteiger charge is -2.28. The number of aliphatic carboxylic acids is 1. The summed E-state index contributed by atoms with van der Waals surface area (Å²) in [6, 6.07) is 0. The summed E-state index contributed by atoms with van der Waals surface area (Å²) in [4.78, 5) is 37.0.